The molecule has 0 bridgehead atoms. The number of aromatic nitrogens is 2. The zero-order valence-electron chi connectivity index (χ0n) is 12.2. The van der Waals surface area contributed by atoms with Crippen molar-refractivity contribution in [1.82, 2.24) is 20.4 Å². The van der Waals surface area contributed by atoms with Crippen LogP contribution in [0.5, 0.6) is 0 Å². The molecule has 0 saturated carbocycles. The Labute approximate surface area is 123 Å². The number of amides is 1. The van der Waals surface area contributed by atoms with Crippen LogP contribution in [0.25, 0.3) is 0 Å². The van der Waals surface area contributed by atoms with Gasteiger partial charge in [0.05, 0.1) is 12.8 Å². The largest absolute Gasteiger partial charge is 0.467 e. The van der Waals surface area contributed by atoms with Crippen molar-refractivity contribution in [2.75, 3.05) is 32.5 Å². The van der Waals surface area contributed by atoms with E-state index in [4.69, 9.17) is 4.42 Å². The van der Waals surface area contributed by atoms with E-state index in [0.29, 0.717) is 24.6 Å². The number of nitrogens with zero attached hydrogens (tertiary/aromatic N) is 3. The molecule has 0 radical (unpaired) electrons. The molecule has 0 aliphatic heterocycles. The van der Waals surface area contributed by atoms with Crippen molar-refractivity contribution in [3.63, 3.8) is 0 Å². The zero-order valence-corrected chi connectivity index (χ0v) is 12.2. The number of carbonyl (C=O) groups excluding carboxylic acids is 1. The molecule has 2 aromatic heterocycles. The van der Waals surface area contributed by atoms with Crippen LogP contribution >= 0.6 is 0 Å². The van der Waals surface area contributed by atoms with Crippen LogP contribution in [-0.2, 0) is 6.54 Å². The van der Waals surface area contributed by atoms with E-state index < -0.39 is 0 Å². The summed E-state index contributed by atoms with van der Waals surface area (Å²) in [7, 11) is 3.90. The van der Waals surface area contributed by atoms with Crippen LogP contribution in [0, 0.1) is 0 Å². The van der Waals surface area contributed by atoms with Gasteiger partial charge in [0.15, 0.2) is 5.69 Å². The van der Waals surface area contributed by atoms with Gasteiger partial charge in [0.2, 0.25) is 0 Å². The lowest BCUT2D eigenvalue weighted by Crippen LogP contribution is -2.31. The summed E-state index contributed by atoms with van der Waals surface area (Å²) in [6, 6.07) is 7.05. The molecule has 0 atom stereocenters. The molecule has 0 aliphatic rings. The van der Waals surface area contributed by atoms with Gasteiger partial charge in [0.1, 0.15) is 11.6 Å². The van der Waals surface area contributed by atoms with E-state index in [1.54, 1.807) is 18.4 Å². The van der Waals surface area contributed by atoms with Gasteiger partial charge in [-0.3, -0.25) is 4.79 Å². The van der Waals surface area contributed by atoms with Crippen molar-refractivity contribution in [2.45, 2.75) is 6.54 Å². The molecule has 7 nitrogen and oxygen atoms in total. The first-order chi connectivity index (χ1) is 10.1. The summed E-state index contributed by atoms with van der Waals surface area (Å²) >= 11 is 0. The van der Waals surface area contributed by atoms with Gasteiger partial charge in [-0.25, -0.2) is 0 Å². The minimum absolute atomic E-state index is 0.220. The van der Waals surface area contributed by atoms with Gasteiger partial charge in [0.25, 0.3) is 5.91 Å². The molecule has 1 amide bonds. The molecule has 2 aromatic rings. The molecule has 0 spiro atoms. The van der Waals surface area contributed by atoms with Gasteiger partial charge >= 0.3 is 0 Å². The zero-order chi connectivity index (χ0) is 15.1. The minimum Gasteiger partial charge on any atom is -0.467 e. The van der Waals surface area contributed by atoms with Gasteiger partial charge in [-0.1, -0.05) is 0 Å². The second-order valence-corrected chi connectivity index (χ2v) is 4.80. The molecule has 2 rings (SSSR count). The molecule has 0 aliphatic carbocycles. The first kappa shape index (κ1) is 15.0. The first-order valence-corrected chi connectivity index (χ1v) is 6.68. The quantitative estimate of drug-likeness (QED) is 0.790. The van der Waals surface area contributed by atoms with E-state index in [1.165, 1.54) is 0 Å². The van der Waals surface area contributed by atoms with Crippen LogP contribution in [0.3, 0.4) is 0 Å². The van der Waals surface area contributed by atoms with Crippen molar-refractivity contribution < 1.29 is 9.21 Å². The fraction of sp³-hybridized carbons (Fsp3) is 0.357. The molecular weight excluding hydrogens is 270 g/mol. The van der Waals surface area contributed by atoms with E-state index in [9.17, 15) is 4.79 Å². The number of hydrogen-bond acceptors (Lipinski definition) is 6. The maximum atomic E-state index is 11.8. The highest BCUT2D eigenvalue weighted by atomic mass is 16.3. The molecule has 0 saturated heterocycles. The maximum absolute atomic E-state index is 11.8. The summed E-state index contributed by atoms with van der Waals surface area (Å²) in [6.45, 7) is 1.88. The molecule has 0 unspecified atom stereocenters. The van der Waals surface area contributed by atoms with Crippen LogP contribution in [0.1, 0.15) is 16.2 Å². The Morgan fingerprint density at radius 2 is 2.14 bits per heavy atom. The van der Waals surface area contributed by atoms with E-state index in [0.717, 1.165) is 12.3 Å². The Balaban J connectivity index is 1.82. The Bertz CT molecular complexity index is 551. The van der Waals surface area contributed by atoms with Crippen molar-refractivity contribution in [1.29, 1.82) is 0 Å². The van der Waals surface area contributed by atoms with Crippen LogP contribution in [0.2, 0.25) is 0 Å². The predicted molar refractivity (Wildman–Crippen MR) is 79.0 cm³/mol. The topological polar surface area (TPSA) is 83.3 Å². The van der Waals surface area contributed by atoms with E-state index in [-0.39, 0.29) is 5.91 Å². The van der Waals surface area contributed by atoms with Gasteiger partial charge in [-0.15, -0.1) is 10.2 Å². The van der Waals surface area contributed by atoms with Gasteiger partial charge in [0, 0.05) is 13.1 Å². The summed E-state index contributed by atoms with van der Waals surface area (Å²) in [6.07, 6.45) is 1.61. The fourth-order valence-corrected chi connectivity index (χ4v) is 1.62. The Morgan fingerprint density at radius 1 is 1.29 bits per heavy atom. The molecular formula is C14H19N5O2. The lowest BCUT2D eigenvalue weighted by atomic mass is 10.3. The van der Waals surface area contributed by atoms with E-state index in [1.807, 2.05) is 31.1 Å². The monoisotopic (exact) mass is 289 g/mol. The highest BCUT2D eigenvalue weighted by Gasteiger charge is 2.07. The Kier molecular flexibility index (Phi) is 5.28. The molecule has 2 N–H and O–H groups in total. The number of nitrogens with one attached hydrogen (secondary N) is 2. The highest BCUT2D eigenvalue weighted by molar-refractivity contribution is 5.92. The summed E-state index contributed by atoms with van der Waals surface area (Å²) in [5.74, 6) is 1.18. The maximum Gasteiger partial charge on any atom is 0.271 e. The standard InChI is InChI=1S/C14H19N5O2/c1-19(2)8-7-15-14(20)12-5-6-13(18-17-12)16-10-11-4-3-9-21-11/h3-6,9H,7-8,10H2,1-2H3,(H,15,20)(H,16,18). The van der Waals surface area contributed by atoms with Gasteiger partial charge in [-0.2, -0.15) is 0 Å². The molecule has 112 valence electrons. The third-order valence-electron chi connectivity index (χ3n) is 2.77. The molecule has 0 aromatic carbocycles. The van der Waals surface area contributed by atoms with Crippen molar-refractivity contribution in [3.8, 4) is 0 Å². The van der Waals surface area contributed by atoms with Crippen molar-refractivity contribution in [3.05, 3.63) is 42.0 Å². The van der Waals surface area contributed by atoms with Crippen LogP contribution < -0.4 is 10.6 Å². The number of furan rings is 1. The van der Waals surface area contributed by atoms with Gasteiger partial charge in [-0.05, 0) is 38.4 Å². The second-order valence-electron chi connectivity index (χ2n) is 4.80. The highest BCUT2D eigenvalue weighted by Crippen LogP contribution is 2.06. The van der Waals surface area contributed by atoms with Crippen LogP contribution in [0.4, 0.5) is 5.82 Å². The minimum atomic E-state index is -0.220. The molecule has 7 heteroatoms. The van der Waals surface area contributed by atoms with E-state index >= 15 is 0 Å². The van der Waals surface area contributed by atoms with Crippen LogP contribution in [-0.4, -0.2) is 48.2 Å². The number of rotatable bonds is 7. The van der Waals surface area contributed by atoms with Crippen LogP contribution in [0.15, 0.2) is 34.9 Å². The number of carbonyl (C=O) groups is 1. The first-order valence-electron chi connectivity index (χ1n) is 6.68. The summed E-state index contributed by atoms with van der Waals surface area (Å²) in [4.78, 5) is 13.8. The number of hydrogen-bond donors (Lipinski definition) is 2. The van der Waals surface area contributed by atoms with E-state index in [2.05, 4.69) is 20.8 Å². The Morgan fingerprint density at radius 3 is 2.76 bits per heavy atom. The molecule has 21 heavy (non-hydrogen) atoms. The molecule has 2 heterocycles. The van der Waals surface area contributed by atoms with Crippen molar-refractivity contribution >= 4 is 11.7 Å². The fourth-order valence-electron chi connectivity index (χ4n) is 1.62. The smallest absolute Gasteiger partial charge is 0.271 e. The van der Waals surface area contributed by atoms with Crippen molar-refractivity contribution in [2.24, 2.45) is 0 Å². The number of anilines is 1. The Hall–Kier alpha value is -2.41. The lowest BCUT2D eigenvalue weighted by Gasteiger charge is -2.10. The summed E-state index contributed by atoms with van der Waals surface area (Å²) in [5, 5.41) is 13.7. The summed E-state index contributed by atoms with van der Waals surface area (Å²) < 4.78 is 5.20. The third kappa shape index (κ3) is 4.88. The molecule has 0 fully saturated rings. The average molecular weight is 289 g/mol. The number of likely N-dealkylation sites (N-methyl/N-ethyl adjacent to an activating group) is 1. The third-order valence-corrected chi connectivity index (χ3v) is 2.77. The average Bonchev–Trinajstić information content (AvgIpc) is 2.98. The second kappa shape index (κ2) is 7.39. The SMILES string of the molecule is CN(C)CCNC(=O)c1ccc(NCc2ccco2)nn1. The summed E-state index contributed by atoms with van der Waals surface area (Å²) in [5.41, 5.74) is 0.303. The lowest BCUT2D eigenvalue weighted by molar-refractivity contribution is 0.0945. The van der Waals surface area contributed by atoms with Gasteiger partial charge < -0.3 is 20.0 Å². The normalized spacial score (nSPS) is 10.6. The predicted octanol–water partition coefficient (Wildman–Crippen LogP) is 0.973.